The number of aromatic amines is 1. The van der Waals surface area contributed by atoms with E-state index < -0.39 is 4.92 Å². The Hall–Kier alpha value is -2.51. The summed E-state index contributed by atoms with van der Waals surface area (Å²) in [5.74, 6) is 2.67. The molecule has 1 fully saturated rings. The molecule has 0 atom stereocenters. The van der Waals surface area contributed by atoms with Gasteiger partial charge in [-0.2, -0.15) is 5.10 Å². The van der Waals surface area contributed by atoms with Gasteiger partial charge in [-0.1, -0.05) is 0 Å². The van der Waals surface area contributed by atoms with Crippen molar-refractivity contribution in [3.8, 4) is 0 Å². The van der Waals surface area contributed by atoms with Crippen molar-refractivity contribution in [1.82, 2.24) is 20.2 Å². The minimum atomic E-state index is -0.415. The van der Waals surface area contributed by atoms with E-state index in [2.05, 4.69) is 25.1 Å². The van der Waals surface area contributed by atoms with Gasteiger partial charge in [-0.3, -0.25) is 15.2 Å². The highest BCUT2D eigenvalue weighted by atomic mass is 16.6. The van der Waals surface area contributed by atoms with Gasteiger partial charge in [0.25, 0.3) is 5.69 Å². The van der Waals surface area contributed by atoms with Crippen LogP contribution in [0.15, 0.2) is 12.3 Å². The fourth-order valence-corrected chi connectivity index (χ4v) is 2.27. The van der Waals surface area contributed by atoms with E-state index in [1.807, 2.05) is 6.92 Å². The fourth-order valence-electron chi connectivity index (χ4n) is 2.27. The minimum Gasteiger partial charge on any atom is -0.355 e. The molecule has 104 valence electrons. The van der Waals surface area contributed by atoms with E-state index in [0.717, 1.165) is 30.6 Å². The van der Waals surface area contributed by atoms with Crippen LogP contribution in [0.2, 0.25) is 0 Å². The molecule has 0 amide bonds. The summed E-state index contributed by atoms with van der Waals surface area (Å²) in [4.78, 5) is 20.9. The van der Waals surface area contributed by atoms with Crippen LogP contribution in [0.5, 0.6) is 0 Å². The Morgan fingerprint density at radius 1 is 1.45 bits per heavy atom. The zero-order chi connectivity index (χ0) is 14.3. The Kier molecular flexibility index (Phi) is 2.85. The zero-order valence-electron chi connectivity index (χ0n) is 11.2. The number of hydrogen-bond acceptors (Lipinski definition) is 6. The molecule has 2 aromatic rings. The molecule has 0 unspecified atom stereocenters. The third-order valence-electron chi connectivity index (χ3n) is 3.45. The topological polar surface area (TPSA) is 101 Å². The summed E-state index contributed by atoms with van der Waals surface area (Å²) in [6.45, 7) is 5.15. The lowest BCUT2D eigenvalue weighted by Crippen LogP contribution is -2.46. The van der Waals surface area contributed by atoms with Crippen molar-refractivity contribution in [1.29, 1.82) is 0 Å². The number of H-pyrrole nitrogens is 1. The van der Waals surface area contributed by atoms with Crippen LogP contribution in [0.25, 0.3) is 0 Å². The number of nitro groups is 1. The molecule has 1 aliphatic rings. The van der Waals surface area contributed by atoms with Crippen LogP contribution in [0.1, 0.15) is 23.1 Å². The lowest BCUT2D eigenvalue weighted by molar-refractivity contribution is -0.385. The second-order valence-electron chi connectivity index (χ2n) is 4.97. The average Bonchev–Trinajstić information content (AvgIpc) is 2.73. The summed E-state index contributed by atoms with van der Waals surface area (Å²) in [5, 5.41) is 17.7. The van der Waals surface area contributed by atoms with Crippen molar-refractivity contribution in [3.63, 3.8) is 0 Å². The molecule has 8 nitrogen and oxygen atoms in total. The molecule has 0 radical (unpaired) electrons. The molecule has 0 aliphatic carbocycles. The molecule has 1 N–H and O–H groups in total. The summed E-state index contributed by atoms with van der Waals surface area (Å²) in [5.41, 5.74) is 0.674. The molecule has 2 aromatic heterocycles. The van der Waals surface area contributed by atoms with Gasteiger partial charge >= 0.3 is 0 Å². The first-order valence-electron chi connectivity index (χ1n) is 6.29. The van der Waals surface area contributed by atoms with Gasteiger partial charge in [0, 0.05) is 18.7 Å². The first kappa shape index (κ1) is 12.5. The highest BCUT2D eigenvalue weighted by Gasteiger charge is 2.32. The van der Waals surface area contributed by atoms with Crippen LogP contribution in [0, 0.1) is 24.0 Å². The normalized spacial score (nSPS) is 15.2. The van der Waals surface area contributed by atoms with Crippen molar-refractivity contribution >= 4 is 11.5 Å². The molecule has 1 saturated heterocycles. The van der Waals surface area contributed by atoms with Gasteiger partial charge in [-0.15, -0.1) is 0 Å². The molecule has 3 rings (SSSR count). The molecule has 0 spiro atoms. The quantitative estimate of drug-likeness (QED) is 0.669. The maximum atomic E-state index is 10.8. The Labute approximate surface area is 115 Å². The lowest BCUT2D eigenvalue weighted by atomic mass is 9.99. The van der Waals surface area contributed by atoms with Gasteiger partial charge in [-0.05, 0) is 19.9 Å². The van der Waals surface area contributed by atoms with Crippen LogP contribution in [0.3, 0.4) is 0 Å². The van der Waals surface area contributed by atoms with Gasteiger partial charge in [-0.25, -0.2) is 9.97 Å². The largest absolute Gasteiger partial charge is 0.355 e. The average molecular weight is 274 g/mol. The summed E-state index contributed by atoms with van der Waals surface area (Å²) in [6, 6.07) is 1.75. The third-order valence-corrected chi connectivity index (χ3v) is 3.45. The number of nitrogens with zero attached hydrogens (tertiary/aromatic N) is 5. The Balaban J connectivity index is 1.71. The molecule has 3 heterocycles. The minimum absolute atomic E-state index is 0.0513. The zero-order valence-corrected chi connectivity index (χ0v) is 11.2. The van der Waals surface area contributed by atoms with Gasteiger partial charge in [0.05, 0.1) is 10.8 Å². The van der Waals surface area contributed by atoms with Crippen LogP contribution in [0.4, 0.5) is 11.5 Å². The molecular weight excluding hydrogens is 260 g/mol. The van der Waals surface area contributed by atoms with Crippen molar-refractivity contribution in [3.05, 3.63) is 39.6 Å². The summed E-state index contributed by atoms with van der Waals surface area (Å²) in [6.07, 6.45) is 1.31. The maximum absolute atomic E-state index is 10.8. The number of anilines is 1. The highest BCUT2D eigenvalue weighted by Crippen LogP contribution is 2.30. The number of aromatic nitrogens is 4. The standard InChI is InChI=1S/C12H14N6O2/c1-7-3-11(13-4-10(7)18(19)20)17-5-9(6-17)12-14-8(2)15-16-12/h3-4,9H,5-6H2,1-2H3,(H,14,15,16). The second kappa shape index (κ2) is 4.55. The van der Waals surface area contributed by atoms with Gasteiger partial charge in [0.15, 0.2) is 5.82 Å². The van der Waals surface area contributed by atoms with E-state index in [0.29, 0.717) is 5.56 Å². The maximum Gasteiger partial charge on any atom is 0.290 e. The Morgan fingerprint density at radius 3 is 2.75 bits per heavy atom. The fraction of sp³-hybridized carbons (Fsp3) is 0.417. The molecular formula is C12H14N6O2. The van der Waals surface area contributed by atoms with E-state index in [1.165, 1.54) is 6.20 Å². The van der Waals surface area contributed by atoms with Crippen LogP contribution >= 0.6 is 0 Å². The molecule has 8 heteroatoms. The Bertz CT molecular complexity index is 662. The predicted molar refractivity (Wildman–Crippen MR) is 71.7 cm³/mol. The number of rotatable bonds is 3. The van der Waals surface area contributed by atoms with Crippen LogP contribution in [-0.2, 0) is 0 Å². The van der Waals surface area contributed by atoms with Crippen molar-refractivity contribution in [2.75, 3.05) is 18.0 Å². The van der Waals surface area contributed by atoms with Crippen LogP contribution < -0.4 is 4.90 Å². The number of nitrogens with one attached hydrogen (secondary N) is 1. The third kappa shape index (κ3) is 2.09. The summed E-state index contributed by atoms with van der Waals surface area (Å²) < 4.78 is 0. The van der Waals surface area contributed by atoms with E-state index in [9.17, 15) is 10.1 Å². The van der Waals surface area contributed by atoms with E-state index in [1.54, 1.807) is 13.0 Å². The lowest BCUT2D eigenvalue weighted by Gasteiger charge is -2.38. The first-order chi connectivity index (χ1) is 9.54. The van der Waals surface area contributed by atoms with Crippen molar-refractivity contribution < 1.29 is 4.92 Å². The number of aryl methyl sites for hydroxylation is 2. The smallest absolute Gasteiger partial charge is 0.290 e. The highest BCUT2D eigenvalue weighted by molar-refractivity contribution is 5.51. The molecule has 0 bridgehead atoms. The number of hydrogen-bond donors (Lipinski definition) is 1. The van der Waals surface area contributed by atoms with E-state index >= 15 is 0 Å². The molecule has 0 aromatic carbocycles. The van der Waals surface area contributed by atoms with Crippen molar-refractivity contribution in [2.45, 2.75) is 19.8 Å². The number of pyridine rings is 1. The van der Waals surface area contributed by atoms with Gasteiger partial charge in [0.1, 0.15) is 17.8 Å². The Morgan fingerprint density at radius 2 is 2.20 bits per heavy atom. The van der Waals surface area contributed by atoms with Gasteiger partial charge in [0.2, 0.25) is 0 Å². The van der Waals surface area contributed by atoms with Crippen molar-refractivity contribution in [2.24, 2.45) is 0 Å². The molecule has 20 heavy (non-hydrogen) atoms. The summed E-state index contributed by atoms with van der Waals surface area (Å²) >= 11 is 0. The summed E-state index contributed by atoms with van der Waals surface area (Å²) in [7, 11) is 0. The van der Waals surface area contributed by atoms with Crippen LogP contribution in [-0.4, -0.2) is 38.2 Å². The SMILES string of the molecule is Cc1nc(C2CN(c3cc(C)c([N+](=O)[O-])cn3)C2)n[nH]1. The molecule has 0 saturated carbocycles. The first-order valence-corrected chi connectivity index (χ1v) is 6.29. The second-order valence-corrected chi connectivity index (χ2v) is 4.97. The monoisotopic (exact) mass is 274 g/mol. The van der Waals surface area contributed by atoms with E-state index in [4.69, 9.17) is 0 Å². The van der Waals surface area contributed by atoms with Gasteiger partial charge < -0.3 is 4.90 Å². The predicted octanol–water partition coefficient (Wildman–Crippen LogP) is 1.33. The molecule has 1 aliphatic heterocycles. The van der Waals surface area contributed by atoms with E-state index in [-0.39, 0.29) is 11.6 Å².